The second kappa shape index (κ2) is 7.63. The Bertz CT molecular complexity index is 1480. The van der Waals surface area contributed by atoms with E-state index in [9.17, 15) is 25.1 Å². The molecule has 3 N–H and O–H groups in total. The first-order valence-electron chi connectivity index (χ1n) is 9.23. The number of aromatic amines is 1. The molecule has 1 aromatic heterocycles. The van der Waals surface area contributed by atoms with Gasteiger partial charge in [0, 0.05) is 5.39 Å². The predicted molar refractivity (Wildman–Crippen MR) is 119 cm³/mol. The van der Waals surface area contributed by atoms with Gasteiger partial charge in [-0.25, -0.2) is 4.79 Å². The van der Waals surface area contributed by atoms with Gasteiger partial charge in [0.15, 0.2) is 0 Å². The molecule has 0 spiro atoms. The Labute approximate surface area is 181 Å². The minimum Gasteiger partial charge on any atom is -0.506 e. The molecule has 0 aliphatic rings. The maximum atomic E-state index is 12.8. The number of aromatic nitrogens is 1. The van der Waals surface area contributed by atoms with Crippen LogP contribution in [0.15, 0.2) is 59.4 Å². The monoisotopic (exact) mass is 430 g/mol. The second-order valence-corrected chi connectivity index (χ2v) is 7.49. The van der Waals surface area contributed by atoms with Gasteiger partial charge in [0.2, 0.25) is 0 Å². The number of pyridine rings is 1. The summed E-state index contributed by atoms with van der Waals surface area (Å²) in [6.45, 7) is 1.81. The summed E-state index contributed by atoms with van der Waals surface area (Å²) in [6, 6.07) is 16.7. The molecule has 4 rings (SSSR count). The molecule has 0 aliphatic carbocycles. The molecule has 3 aromatic carbocycles. The third-order valence-electron chi connectivity index (χ3n) is 5.13. The molecule has 0 atom stereocenters. The number of benzene rings is 3. The van der Waals surface area contributed by atoms with E-state index < -0.39 is 11.5 Å². The van der Waals surface area contributed by atoms with E-state index in [1.807, 2.05) is 19.1 Å². The molecule has 0 saturated carbocycles. The molecule has 152 valence electrons. The van der Waals surface area contributed by atoms with Crippen molar-refractivity contribution in [2.75, 3.05) is 0 Å². The summed E-state index contributed by atoms with van der Waals surface area (Å²) in [6.07, 6.45) is 0. The molecule has 0 radical (unpaired) electrons. The van der Waals surface area contributed by atoms with Crippen molar-refractivity contribution in [3.63, 3.8) is 0 Å². The van der Waals surface area contributed by atoms with Gasteiger partial charge in [0.1, 0.15) is 11.8 Å². The molecule has 4 aromatic rings. The van der Waals surface area contributed by atoms with Crippen LogP contribution in [0.1, 0.15) is 21.5 Å². The molecule has 1 heterocycles. The summed E-state index contributed by atoms with van der Waals surface area (Å²) >= 11 is 6.04. The van der Waals surface area contributed by atoms with Gasteiger partial charge in [-0.2, -0.15) is 5.26 Å². The first-order chi connectivity index (χ1) is 14.8. The van der Waals surface area contributed by atoms with Gasteiger partial charge in [-0.05, 0) is 59.5 Å². The van der Waals surface area contributed by atoms with Gasteiger partial charge in [-0.1, -0.05) is 35.9 Å². The lowest BCUT2D eigenvalue weighted by Gasteiger charge is -2.12. The summed E-state index contributed by atoms with van der Waals surface area (Å²) < 4.78 is 0. The van der Waals surface area contributed by atoms with Crippen LogP contribution in [0.4, 0.5) is 0 Å². The van der Waals surface area contributed by atoms with Crippen LogP contribution >= 0.6 is 11.6 Å². The van der Waals surface area contributed by atoms with E-state index in [0.29, 0.717) is 16.5 Å². The highest BCUT2D eigenvalue weighted by molar-refractivity contribution is 6.32. The number of nitrogens with zero attached hydrogens (tertiary/aromatic N) is 1. The molecule has 0 bridgehead atoms. The Morgan fingerprint density at radius 1 is 1.10 bits per heavy atom. The van der Waals surface area contributed by atoms with Crippen LogP contribution in [-0.2, 0) is 0 Å². The van der Waals surface area contributed by atoms with Crippen molar-refractivity contribution < 1.29 is 15.0 Å². The highest BCUT2D eigenvalue weighted by Gasteiger charge is 2.17. The molecule has 0 saturated heterocycles. The Hall–Kier alpha value is -4.08. The average molecular weight is 431 g/mol. The van der Waals surface area contributed by atoms with E-state index >= 15 is 0 Å². The van der Waals surface area contributed by atoms with Crippen molar-refractivity contribution in [2.24, 2.45) is 0 Å². The number of hydrogen-bond acceptors (Lipinski definition) is 4. The molecule has 0 aliphatic heterocycles. The number of nitrogens with one attached hydrogen (secondary N) is 1. The number of halogens is 1. The number of carboxylic acid groups (broad SMARTS) is 1. The molecule has 31 heavy (non-hydrogen) atoms. The van der Waals surface area contributed by atoms with Gasteiger partial charge in [-0.3, -0.25) is 4.79 Å². The van der Waals surface area contributed by atoms with Crippen LogP contribution in [0.5, 0.6) is 5.75 Å². The summed E-state index contributed by atoms with van der Waals surface area (Å²) in [5, 5.41) is 29.8. The lowest BCUT2D eigenvalue weighted by atomic mass is 9.94. The Morgan fingerprint density at radius 2 is 1.84 bits per heavy atom. The standard InChI is InChI=1S/C24H15ClN2O4/c1-12-7-15(24(30)31)5-6-17(12)13-3-2-4-14(8-13)21-22(28)18-9-16(11-26)19(25)10-20(18)27-23(21)29/h2-10H,1H3,(H,30,31)(H2,27,28,29). The average Bonchev–Trinajstić information content (AvgIpc) is 2.73. The molecular formula is C24H15ClN2O4. The fraction of sp³-hybridized carbons (Fsp3) is 0.0417. The zero-order valence-corrected chi connectivity index (χ0v) is 17.0. The van der Waals surface area contributed by atoms with E-state index in [4.69, 9.17) is 11.6 Å². The number of aromatic carboxylic acids is 1. The first-order valence-corrected chi connectivity index (χ1v) is 9.61. The lowest BCUT2D eigenvalue weighted by Crippen LogP contribution is -2.09. The Morgan fingerprint density at radius 3 is 2.52 bits per heavy atom. The quantitative estimate of drug-likeness (QED) is 0.418. The summed E-state index contributed by atoms with van der Waals surface area (Å²) in [7, 11) is 0. The number of H-pyrrole nitrogens is 1. The number of nitriles is 1. The highest BCUT2D eigenvalue weighted by atomic mass is 35.5. The normalized spacial score (nSPS) is 10.7. The number of aryl methyl sites for hydroxylation is 1. The van der Waals surface area contributed by atoms with Crippen LogP contribution < -0.4 is 5.56 Å². The molecular weight excluding hydrogens is 416 g/mol. The Balaban J connectivity index is 1.90. The third kappa shape index (κ3) is 3.52. The van der Waals surface area contributed by atoms with Crippen LogP contribution in [0.25, 0.3) is 33.2 Å². The number of fused-ring (bicyclic) bond motifs is 1. The lowest BCUT2D eigenvalue weighted by molar-refractivity contribution is 0.0697. The number of carbonyl (C=O) groups is 1. The highest BCUT2D eigenvalue weighted by Crippen LogP contribution is 2.36. The summed E-state index contributed by atoms with van der Waals surface area (Å²) in [5.74, 6) is -1.25. The van der Waals surface area contributed by atoms with Gasteiger partial charge >= 0.3 is 5.97 Å². The SMILES string of the molecule is Cc1cc(C(=O)O)ccc1-c1cccc(-c2c(O)c3cc(C#N)c(Cl)cc3[nH]c2=O)c1. The van der Waals surface area contributed by atoms with Crippen molar-refractivity contribution in [1.29, 1.82) is 5.26 Å². The maximum absolute atomic E-state index is 12.8. The van der Waals surface area contributed by atoms with Crippen molar-refractivity contribution in [3.8, 4) is 34.1 Å². The molecule has 0 amide bonds. The van der Waals surface area contributed by atoms with Crippen LogP contribution in [0, 0.1) is 18.3 Å². The third-order valence-corrected chi connectivity index (χ3v) is 5.44. The number of carboxylic acids is 1. The van der Waals surface area contributed by atoms with E-state index in [-0.39, 0.29) is 27.5 Å². The zero-order chi connectivity index (χ0) is 22.3. The zero-order valence-electron chi connectivity index (χ0n) is 16.2. The van der Waals surface area contributed by atoms with Gasteiger partial charge < -0.3 is 15.2 Å². The number of rotatable bonds is 3. The fourth-order valence-electron chi connectivity index (χ4n) is 3.62. The molecule has 6 nitrogen and oxygen atoms in total. The van der Waals surface area contributed by atoms with Crippen LogP contribution in [-0.4, -0.2) is 21.2 Å². The topological polar surface area (TPSA) is 114 Å². The van der Waals surface area contributed by atoms with E-state index in [1.165, 1.54) is 18.2 Å². The van der Waals surface area contributed by atoms with Crippen molar-refractivity contribution >= 4 is 28.5 Å². The van der Waals surface area contributed by atoms with E-state index in [0.717, 1.165) is 16.7 Å². The summed E-state index contributed by atoms with van der Waals surface area (Å²) in [4.78, 5) is 26.7. The molecule has 7 heteroatoms. The van der Waals surface area contributed by atoms with Crippen molar-refractivity contribution in [3.05, 3.63) is 86.7 Å². The maximum Gasteiger partial charge on any atom is 0.335 e. The minimum atomic E-state index is -1.01. The van der Waals surface area contributed by atoms with Crippen LogP contribution in [0.2, 0.25) is 5.02 Å². The van der Waals surface area contributed by atoms with Gasteiger partial charge in [0.05, 0.1) is 27.2 Å². The van der Waals surface area contributed by atoms with E-state index in [1.54, 1.807) is 30.3 Å². The van der Waals surface area contributed by atoms with Crippen LogP contribution in [0.3, 0.4) is 0 Å². The first kappa shape index (κ1) is 20.2. The van der Waals surface area contributed by atoms with Gasteiger partial charge in [0.25, 0.3) is 5.56 Å². The second-order valence-electron chi connectivity index (χ2n) is 7.08. The Kier molecular flexibility index (Phi) is 4.97. The summed E-state index contributed by atoms with van der Waals surface area (Å²) in [5.41, 5.74) is 3.09. The fourth-order valence-corrected chi connectivity index (χ4v) is 3.82. The van der Waals surface area contributed by atoms with E-state index in [2.05, 4.69) is 4.98 Å². The number of aromatic hydroxyl groups is 1. The van der Waals surface area contributed by atoms with Crippen molar-refractivity contribution in [1.82, 2.24) is 4.98 Å². The molecule has 0 unspecified atom stereocenters. The van der Waals surface area contributed by atoms with Gasteiger partial charge in [-0.15, -0.1) is 0 Å². The predicted octanol–water partition coefficient (Wildman–Crippen LogP) is 5.10. The molecule has 0 fully saturated rings. The van der Waals surface area contributed by atoms with Crippen molar-refractivity contribution in [2.45, 2.75) is 6.92 Å². The number of hydrogen-bond donors (Lipinski definition) is 3. The smallest absolute Gasteiger partial charge is 0.335 e. The minimum absolute atomic E-state index is 0.0698. The largest absolute Gasteiger partial charge is 0.506 e.